The van der Waals surface area contributed by atoms with E-state index in [2.05, 4.69) is 6.92 Å². The molecule has 0 aromatic carbocycles. The number of ether oxygens (including phenoxy) is 1. The maximum atomic E-state index is 8.84. The summed E-state index contributed by atoms with van der Waals surface area (Å²) in [7, 11) is 0. The second-order valence-corrected chi connectivity index (χ2v) is 6.10. The van der Waals surface area contributed by atoms with Gasteiger partial charge in [0.1, 0.15) is 6.10 Å². The van der Waals surface area contributed by atoms with Crippen molar-refractivity contribution < 1.29 is 14.9 Å². The SMILES string of the molecule is CCCCCCCCCCCCCCCOC(CO)CO. The van der Waals surface area contributed by atoms with Crippen molar-refractivity contribution in [3.05, 3.63) is 0 Å². The van der Waals surface area contributed by atoms with Gasteiger partial charge < -0.3 is 14.9 Å². The number of unbranched alkanes of at least 4 members (excludes halogenated alkanes) is 12. The van der Waals surface area contributed by atoms with Crippen molar-refractivity contribution in [2.24, 2.45) is 0 Å². The van der Waals surface area contributed by atoms with Gasteiger partial charge in [0.2, 0.25) is 0 Å². The van der Waals surface area contributed by atoms with Crippen molar-refractivity contribution in [3.63, 3.8) is 0 Å². The van der Waals surface area contributed by atoms with Gasteiger partial charge in [-0.15, -0.1) is 0 Å². The van der Waals surface area contributed by atoms with E-state index >= 15 is 0 Å². The van der Waals surface area contributed by atoms with Crippen LogP contribution >= 0.6 is 0 Å². The Bertz CT molecular complexity index is 181. The standard InChI is InChI=1S/C18H38O3/c1-2-3-4-5-6-7-8-9-10-11-12-13-14-15-21-18(16-19)17-20/h18-20H,2-17H2,1H3. The lowest BCUT2D eigenvalue weighted by Crippen LogP contribution is -2.22. The molecule has 3 heteroatoms. The summed E-state index contributed by atoms with van der Waals surface area (Å²) in [6.07, 6.45) is 17.1. The number of aliphatic hydroxyl groups excluding tert-OH is 2. The van der Waals surface area contributed by atoms with Gasteiger partial charge in [-0.2, -0.15) is 0 Å². The van der Waals surface area contributed by atoms with Crippen LogP contribution in [-0.2, 0) is 4.74 Å². The Kier molecular flexibility index (Phi) is 17.8. The second kappa shape index (κ2) is 17.9. The number of rotatable bonds is 17. The summed E-state index contributed by atoms with van der Waals surface area (Å²) >= 11 is 0. The number of hydrogen-bond acceptors (Lipinski definition) is 3. The Balaban J connectivity index is 3.02. The lowest BCUT2D eigenvalue weighted by molar-refractivity contribution is -0.0208. The third kappa shape index (κ3) is 16.1. The summed E-state index contributed by atoms with van der Waals surface area (Å²) in [6.45, 7) is 2.75. The number of aliphatic hydroxyl groups is 2. The molecule has 0 spiro atoms. The van der Waals surface area contributed by atoms with Gasteiger partial charge in [0.25, 0.3) is 0 Å². The molecule has 0 heterocycles. The van der Waals surface area contributed by atoms with Crippen LogP contribution in [0.1, 0.15) is 90.4 Å². The first kappa shape index (κ1) is 20.9. The number of hydrogen-bond donors (Lipinski definition) is 2. The van der Waals surface area contributed by atoms with Crippen LogP contribution in [0.3, 0.4) is 0 Å². The van der Waals surface area contributed by atoms with Crippen LogP contribution in [0.2, 0.25) is 0 Å². The molecule has 0 atom stereocenters. The zero-order valence-electron chi connectivity index (χ0n) is 14.2. The van der Waals surface area contributed by atoms with Crippen molar-refractivity contribution in [2.75, 3.05) is 19.8 Å². The Hall–Kier alpha value is -0.120. The smallest absolute Gasteiger partial charge is 0.104 e. The summed E-state index contributed by atoms with van der Waals surface area (Å²) in [5.74, 6) is 0. The lowest BCUT2D eigenvalue weighted by Gasteiger charge is -2.11. The first-order valence-electron chi connectivity index (χ1n) is 9.18. The van der Waals surface area contributed by atoms with E-state index in [9.17, 15) is 0 Å². The predicted octanol–water partition coefficient (Wildman–Crippen LogP) is 4.45. The molecule has 3 nitrogen and oxygen atoms in total. The fraction of sp³-hybridized carbons (Fsp3) is 1.00. The fourth-order valence-corrected chi connectivity index (χ4v) is 2.53. The molecule has 0 aliphatic carbocycles. The quantitative estimate of drug-likeness (QED) is 0.390. The summed E-state index contributed by atoms with van der Waals surface area (Å²) in [5.41, 5.74) is 0. The zero-order valence-corrected chi connectivity index (χ0v) is 14.2. The molecule has 21 heavy (non-hydrogen) atoms. The van der Waals surface area contributed by atoms with Crippen molar-refractivity contribution in [3.8, 4) is 0 Å². The fourth-order valence-electron chi connectivity index (χ4n) is 2.53. The van der Waals surface area contributed by atoms with E-state index in [0.717, 1.165) is 6.42 Å². The largest absolute Gasteiger partial charge is 0.394 e. The Morgan fingerprint density at radius 3 is 1.38 bits per heavy atom. The van der Waals surface area contributed by atoms with Crippen LogP contribution in [0.5, 0.6) is 0 Å². The molecule has 0 aliphatic rings. The van der Waals surface area contributed by atoms with Gasteiger partial charge in [0, 0.05) is 6.61 Å². The molecular weight excluding hydrogens is 264 g/mol. The molecule has 0 aromatic heterocycles. The van der Waals surface area contributed by atoms with Gasteiger partial charge in [-0.3, -0.25) is 0 Å². The highest BCUT2D eigenvalue weighted by molar-refractivity contribution is 4.52. The molecule has 0 bridgehead atoms. The summed E-state index contributed by atoms with van der Waals surface area (Å²) < 4.78 is 5.34. The Morgan fingerprint density at radius 2 is 1.00 bits per heavy atom. The molecule has 0 rings (SSSR count). The van der Waals surface area contributed by atoms with E-state index in [1.807, 2.05) is 0 Å². The first-order chi connectivity index (χ1) is 10.3. The summed E-state index contributed by atoms with van der Waals surface area (Å²) in [6, 6.07) is 0. The van der Waals surface area contributed by atoms with Crippen LogP contribution in [0.4, 0.5) is 0 Å². The third-order valence-electron chi connectivity index (χ3n) is 4.01. The molecule has 0 fully saturated rings. The van der Waals surface area contributed by atoms with Gasteiger partial charge in [0.15, 0.2) is 0 Å². The third-order valence-corrected chi connectivity index (χ3v) is 4.01. The highest BCUT2D eigenvalue weighted by Crippen LogP contribution is 2.12. The average Bonchev–Trinajstić information content (AvgIpc) is 2.51. The van der Waals surface area contributed by atoms with E-state index < -0.39 is 0 Å². The van der Waals surface area contributed by atoms with E-state index in [0.29, 0.717) is 6.61 Å². The van der Waals surface area contributed by atoms with Gasteiger partial charge in [0.05, 0.1) is 13.2 Å². The molecular formula is C18H38O3. The van der Waals surface area contributed by atoms with Crippen LogP contribution in [-0.4, -0.2) is 36.1 Å². The molecule has 0 saturated carbocycles. The van der Waals surface area contributed by atoms with E-state index in [1.54, 1.807) is 0 Å². The van der Waals surface area contributed by atoms with Crippen molar-refractivity contribution in [1.82, 2.24) is 0 Å². The van der Waals surface area contributed by atoms with Crippen molar-refractivity contribution in [1.29, 1.82) is 0 Å². The van der Waals surface area contributed by atoms with Crippen LogP contribution in [0.15, 0.2) is 0 Å². The minimum absolute atomic E-state index is 0.0883. The molecule has 0 aromatic rings. The van der Waals surface area contributed by atoms with Gasteiger partial charge >= 0.3 is 0 Å². The normalized spacial score (nSPS) is 11.4. The van der Waals surface area contributed by atoms with Crippen molar-refractivity contribution in [2.45, 2.75) is 96.5 Å². The summed E-state index contributed by atoms with van der Waals surface area (Å²) in [5, 5.41) is 17.7. The van der Waals surface area contributed by atoms with E-state index in [1.165, 1.54) is 77.0 Å². The minimum atomic E-state index is -0.387. The molecule has 0 aliphatic heterocycles. The van der Waals surface area contributed by atoms with Crippen LogP contribution in [0.25, 0.3) is 0 Å². The lowest BCUT2D eigenvalue weighted by atomic mass is 10.0. The van der Waals surface area contributed by atoms with Crippen LogP contribution in [0, 0.1) is 0 Å². The minimum Gasteiger partial charge on any atom is -0.394 e. The molecule has 128 valence electrons. The van der Waals surface area contributed by atoms with Crippen molar-refractivity contribution >= 4 is 0 Å². The maximum absolute atomic E-state index is 8.84. The monoisotopic (exact) mass is 302 g/mol. The molecule has 0 saturated heterocycles. The highest BCUT2D eigenvalue weighted by Gasteiger charge is 2.04. The molecule has 0 unspecified atom stereocenters. The van der Waals surface area contributed by atoms with E-state index in [4.69, 9.17) is 14.9 Å². The summed E-state index contributed by atoms with van der Waals surface area (Å²) in [4.78, 5) is 0. The Morgan fingerprint density at radius 1 is 0.619 bits per heavy atom. The zero-order chi connectivity index (χ0) is 15.6. The second-order valence-electron chi connectivity index (χ2n) is 6.10. The van der Waals surface area contributed by atoms with Gasteiger partial charge in [-0.1, -0.05) is 84.0 Å². The van der Waals surface area contributed by atoms with Crippen LogP contribution < -0.4 is 0 Å². The topological polar surface area (TPSA) is 49.7 Å². The van der Waals surface area contributed by atoms with Gasteiger partial charge in [-0.05, 0) is 6.42 Å². The van der Waals surface area contributed by atoms with Gasteiger partial charge in [-0.25, -0.2) is 0 Å². The molecule has 0 amide bonds. The molecule has 2 N–H and O–H groups in total. The first-order valence-corrected chi connectivity index (χ1v) is 9.18. The predicted molar refractivity (Wildman–Crippen MR) is 89.6 cm³/mol. The highest BCUT2D eigenvalue weighted by atomic mass is 16.5. The maximum Gasteiger partial charge on any atom is 0.104 e. The Labute approximate surface area is 132 Å². The van der Waals surface area contributed by atoms with E-state index in [-0.39, 0.29) is 19.3 Å². The average molecular weight is 302 g/mol. The molecule has 0 radical (unpaired) electrons.